The normalized spacial score (nSPS) is 11.2. The van der Waals surface area contributed by atoms with Crippen LogP contribution in [0.3, 0.4) is 0 Å². The molecule has 0 unspecified atom stereocenters. The first kappa shape index (κ1) is 21.6. The number of nitrogens with one attached hydrogen (secondary N) is 1. The maximum Gasteiger partial charge on any atom is 0.255 e. The second-order valence-corrected chi connectivity index (χ2v) is 9.43. The summed E-state index contributed by atoms with van der Waals surface area (Å²) in [5, 5.41) is 2.95. The number of rotatable bonds is 6. The van der Waals surface area contributed by atoms with Crippen LogP contribution >= 0.6 is 0 Å². The van der Waals surface area contributed by atoms with E-state index in [4.69, 9.17) is 0 Å². The van der Waals surface area contributed by atoms with Crippen LogP contribution in [0.1, 0.15) is 32.6 Å². The van der Waals surface area contributed by atoms with Gasteiger partial charge < -0.3 is 5.32 Å². The lowest BCUT2D eigenvalue weighted by atomic mass is 10.1. The number of nitrogens with zero attached hydrogens (tertiary/aromatic N) is 1. The monoisotopic (exact) mass is 422 g/mol. The van der Waals surface area contributed by atoms with E-state index in [0.29, 0.717) is 11.3 Å². The molecule has 30 heavy (non-hydrogen) atoms. The zero-order valence-electron chi connectivity index (χ0n) is 17.6. The summed E-state index contributed by atoms with van der Waals surface area (Å²) in [6, 6.07) is 20.2. The van der Waals surface area contributed by atoms with Crippen molar-refractivity contribution in [1.82, 2.24) is 0 Å². The van der Waals surface area contributed by atoms with E-state index in [-0.39, 0.29) is 12.5 Å². The summed E-state index contributed by atoms with van der Waals surface area (Å²) in [5.74, 6) is -0.233. The number of anilines is 2. The van der Waals surface area contributed by atoms with Crippen molar-refractivity contribution in [1.29, 1.82) is 0 Å². The molecule has 156 valence electrons. The molecule has 3 rings (SSSR count). The lowest BCUT2D eigenvalue weighted by Crippen LogP contribution is -2.29. The summed E-state index contributed by atoms with van der Waals surface area (Å²) in [4.78, 5) is 12.7. The van der Waals surface area contributed by atoms with Gasteiger partial charge >= 0.3 is 0 Å². The van der Waals surface area contributed by atoms with Crippen molar-refractivity contribution in [2.45, 2.75) is 27.3 Å². The summed E-state index contributed by atoms with van der Waals surface area (Å²) in [5.41, 5.74) is 5.75. The molecule has 0 heterocycles. The molecule has 1 N–H and O–H groups in total. The van der Waals surface area contributed by atoms with Crippen LogP contribution < -0.4 is 9.62 Å². The first-order valence-electron chi connectivity index (χ1n) is 9.66. The van der Waals surface area contributed by atoms with Crippen molar-refractivity contribution < 1.29 is 13.2 Å². The summed E-state index contributed by atoms with van der Waals surface area (Å²) in [6.07, 6.45) is 1.18. The smallest absolute Gasteiger partial charge is 0.255 e. The quantitative estimate of drug-likeness (QED) is 0.619. The van der Waals surface area contributed by atoms with Crippen LogP contribution in [-0.4, -0.2) is 20.6 Å². The molecule has 0 atom stereocenters. The van der Waals surface area contributed by atoms with Crippen LogP contribution in [0.5, 0.6) is 0 Å². The molecule has 0 saturated carbocycles. The van der Waals surface area contributed by atoms with Crippen molar-refractivity contribution in [3.05, 3.63) is 94.5 Å². The predicted octanol–water partition coefficient (Wildman–Crippen LogP) is 4.83. The molecule has 0 bridgehead atoms. The Bertz CT molecular complexity index is 1130. The minimum Gasteiger partial charge on any atom is -0.322 e. The highest BCUT2D eigenvalue weighted by atomic mass is 32.2. The predicted molar refractivity (Wildman–Crippen MR) is 123 cm³/mol. The molecule has 0 saturated heterocycles. The number of aryl methyl sites for hydroxylation is 3. The molecule has 0 spiro atoms. The zero-order chi connectivity index (χ0) is 21.9. The van der Waals surface area contributed by atoms with E-state index in [9.17, 15) is 13.2 Å². The highest BCUT2D eigenvalue weighted by Crippen LogP contribution is 2.23. The molecule has 5 nitrogen and oxygen atoms in total. The van der Waals surface area contributed by atoms with Crippen molar-refractivity contribution in [3.8, 4) is 0 Å². The zero-order valence-corrected chi connectivity index (χ0v) is 18.5. The average Bonchev–Trinajstić information content (AvgIpc) is 2.69. The highest BCUT2D eigenvalue weighted by Gasteiger charge is 2.19. The van der Waals surface area contributed by atoms with Crippen molar-refractivity contribution in [2.24, 2.45) is 0 Å². The first-order chi connectivity index (χ1) is 14.1. The molecule has 1 amide bonds. The number of para-hydroxylation sites is 1. The minimum absolute atomic E-state index is 0.229. The second kappa shape index (κ2) is 8.71. The number of carbonyl (C=O) groups is 1. The van der Waals surface area contributed by atoms with Gasteiger partial charge in [0.1, 0.15) is 0 Å². The van der Waals surface area contributed by atoms with Gasteiger partial charge in [0.2, 0.25) is 10.0 Å². The van der Waals surface area contributed by atoms with Gasteiger partial charge in [0.15, 0.2) is 0 Å². The summed E-state index contributed by atoms with van der Waals surface area (Å²) in [7, 11) is -3.49. The third kappa shape index (κ3) is 5.07. The van der Waals surface area contributed by atoms with Gasteiger partial charge in [-0.15, -0.1) is 0 Å². The fourth-order valence-corrected chi connectivity index (χ4v) is 4.12. The molecule has 0 fully saturated rings. The molecular weight excluding hydrogens is 396 g/mol. The van der Waals surface area contributed by atoms with E-state index in [0.717, 1.165) is 27.9 Å². The first-order valence-corrected chi connectivity index (χ1v) is 11.5. The van der Waals surface area contributed by atoms with Crippen LogP contribution in [0.25, 0.3) is 0 Å². The van der Waals surface area contributed by atoms with Crippen molar-refractivity contribution in [2.75, 3.05) is 15.9 Å². The van der Waals surface area contributed by atoms with Crippen molar-refractivity contribution >= 4 is 27.3 Å². The molecule has 0 radical (unpaired) electrons. The molecule has 3 aromatic carbocycles. The fraction of sp³-hybridized carbons (Fsp3) is 0.208. The van der Waals surface area contributed by atoms with Gasteiger partial charge in [-0.1, -0.05) is 48.0 Å². The Labute approximate surface area is 178 Å². The van der Waals surface area contributed by atoms with E-state index in [1.165, 1.54) is 10.6 Å². The standard InChI is InChI=1S/C24H26N2O3S/c1-17-8-10-20(11-9-17)16-26(30(4,28)29)22-14-12-21(13-15-22)24(27)25-23-18(2)6-5-7-19(23)3/h5-15H,16H2,1-4H3,(H,25,27). The van der Waals surface area contributed by atoms with Gasteiger partial charge in [0.05, 0.1) is 18.5 Å². The van der Waals surface area contributed by atoms with Crippen LogP contribution in [0.2, 0.25) is 0 Å². The van der Waals surface area contributed by atoms with Crippen LogP contribution in [0.4, 0.5) is 11.4 Å². The summed E-state index contributed by atoms with van der Waals surface area (Å²) < 4.78 is 26.1. The summed E-state index contributed by atoms with van der Waals surface area (Å²) >= 11 is 0. The third-order valence-corrected chi connectivity index (χ3v) is 6.12. The van der Waals surface area contributed by atoms with E-state index >= 15 is 0 Å². The van der Waals surface area contributed by atoms with Gasteiger partial charge in [-0.3, -0.25) is 9.10 Å². The van der Waals surface area contributed by atoms with Crippen LogP contribution in [0, 0.1) is 20.8 Å². The van der Waals surface area contributed by atoms with Gasteiger partial charge in [-0.2, -0.15) is 0 Å². The topological polar surface area (TPSA) is 66.5 Å². The molecule has 0 aliphatic carbocycles. The third-order valence-electron chi connectivity index (χ3n) is 4.98. The number of hydrogen-bond donors (Lipinski definition) is 1. The molecule has 0 aliphatic heterocycles. The fourth-order valence-electron chi connectivity index (χ4n) is 3.24. The Balaban J connectivity index is 1.82. The maximum absolute atomic E-state index is 12.7. The second-order valence-electron chi connectivity index (χ2n) is 7.52. The lowest BCUT2D eigenvalue weighted by molar-refractivity contribution is 0.102. The number of hydrogen-bond acceptors (Lipinski definition) is 3. The van der Waals surface area contributed by atoms with Crippen LogP contribution in [-0.2, 0) is 16.6 Å². The Hall–Kier alpha value is -3.12. The Morgan fingerprint density at radius 3 is 1.97 bits per heavy atom. The molecule has 6 heteroatoms. The SMILES string of the molecule is Cc1ccc(CN(c2ccc(C(=O)Nc3c(C)cccc3C)cc2)S(C)(=O)=O)cc1. The number of carbonyl (C=O) groups excluding carboxylic acids is 1. The molecule has 0 aliphatic rings. The minimum atomic E-state index is -3.49. The van der Waals surface area contributed by atoms with Crippen LogP contribution in [0.15, 0.2) is 66.7 Å². The van der Waals surface area contributed by atoms with E-state index < -0.39 is 10.0 Å². The van der Waals surface area contributed by atoms with Crippen molar-refractivity contribution in [3.63, 3.8) is 0 Å². The van der Waals surface area contributed by atoms with E-state index in [2.05, 4.69) is 5.32 Å². The maximum atomic E-state index is 12.7. The van der Waals surface area contributed by atoms with Gasteiger partial charge in [-0.25, -0.2) is 8.42 Å². The number of sulfonamides is 1. The van der Waals surface area contributed by atoms with Gasteiger partial charge in [-0.05, 0) is 61.7 Å². The number of amides is 1. The number of benzene rings is 3. The Morgan fingerprint density at radius 1 is 0.867 bits per heavy atom. The lowest BCUT2D eigenvalue weighted by Gasteiger charge is -2.23. The van der Waals surface area contributed by atoms with E-state index in [1.54, 1.807) is 24.3 Å². The Morgan fingerprint density at radius 2 is 1.43 bits per heavy atom. The average molecular weight is 423 g/mol. The largest absolute Gasteiger partial charge is 0.322 e. The van der Waals surface area contributed by atoms with Gasteiger partial charge in [0, 0.05) is 11.3 Å². The Kier molecular flexibility index (Phi) is 6.27. The summed E-state index contributed by atoms with van der Waals surface area (Å²) in [6.45, 7) is 6.11. The van der Waals surface area contributed by atoms with Gasteiger partial charge in [0.25, 0.3) is 5.91 Å². The van der Waals surface area contributed by atoms with E-state index in [1.807, 2.05) is 63.2 Å². The highest BCUT2D eigenvalue weighted by molar-refractivity contribution is 7.92. The molecule has 0 aromatic heterocycles. The molecule has 3 aromatic rings. The molecular formula is C24H26N2O3S.